The Labute approximate surface area is 196 Å². The molecule has 9 heteroatoms. The van der Waals surface area contributed by atoms with Crippen LogP contribution in [0.25, 0.3) is 11.5 Å². The number of piperazine rings is 1. The second-order valence-corrected chi connectivity index (χ2v) is 8.57. The van der Waals surface area contributed by atoms with Crippen LogP contribution in [0.1, 0.15) is 0 Å². The molecule has 0 radical (unpaired) electrons. The van der Waals surface area contributed by atoms with Crippen molar-refractivity contribution in [1.29, 1.82) is 0 Å². The minimum atomic E-state index is -0.143. The lowest BCUT2D eigenvalue weighted by Gasteiger charge is -2.36. The van der Waals surface area contributed by atoms with Gasteiger partial charge >= 0.3 is 0 Å². The first kappa shape index (κ1) is 22.2. The van der Waals surface area contributed by atoms with Crippen molar-refractivity contribution in [3.05, 3.63) is 53.6 Å². The maximum absolute atomic E-state index is 12.6. The van der Waals surface area contributed by atoms with Gasteiger partial charge in [-0.15, -0.1) is 16.6 Å². The molecule has 32 heavy (non-hydrogen) atoms. The first-order valence-corrected chi connectivity index (χ1v) is 11.5. The van der Waals surface area contributed by atoms with Crippen molar-refractivity contribution in [2.24, 2.45) is 0 Å². The first-order valence-electron chi connectivity index (χ1n) is 10.1. The van der Waals surface area contributed by atoms with Gasteiger partial charge in [0.2, 0.25) is 11.8 Å². The Morgan fingerprint density at radius 1 is 1.16 bits per heavy atom. The minimum Gasteiger partial charge on any atom is -0.411 e. The number of para-hydroxylation sites is 2. The van der Waals surface area contributed by atoms with E-state index in [1.54, 1.807) is 12.1 Å². The summed E-state index contributed by atoms with van der Waals surface area (Å²) in [5.74, 6) is 3.07. The van der Waals surface area contributed by atoms with Crippen LogP contribution in [-0.2, 0) is 4.79 Å². The largest absolute Gasteiger partial charge is 0.411 e. The van der Waals surface area contributed by atoms with Crippen LogP contribution in [0.2, 0.25) is 5.02 Å². The predicted molar refractivity (Wildman–Crippen MR) is 128 cm³/mol. The number of anilines is 2. The van der Waals surface area contributed by atoms with Gasteiger partial charge in [-0.1, -0.05) is 47.5 Å². The van der Waals surface area contributed by atoms with Crippen LogP contribution in [0.3, 0.4) is 0 Å². The molecule has 1 aliphatic rings. The summed E-state index contributed by atoms with van der Waals surface area (Å²) < 4.78 is 5.65. The average molecular weight is 468 g/mol. The standard InChI is InChI=1S/C23H22ClN5O2S/c1-2-10-28-11-13-29(14-12-28)20-9-4-3-8-19(20)25-21(30)16-32-23-27-26-22(31-23)17-6-5-7-18(24)15-17/h1,3-9,15H,10-14,16H2,(H,25,30). The number of aromatic nitrogens is 2. The third-order valence-corrected chi connectivity index (χ3v) is 6.06. The van der Waals surface area contributed by atoms with E-state index in [9.17, 15) is 4.79 Å². The molecule has 0 spiro atoms. The molecule has 1 aromatic heterocycles. The highest BCUT2D eigenvalue weighted by Gasteiger charge is 2.19. The predicted octanol–water partition coefficient (Wildman–Crippen LogP) is 3.88. The minimum absolute atomic E-state index is 0.143. The molecule has 1 amide bonds. The number of hydrogen-bond donors (Lipinski definition) is 1. The van der Waals surface area contributed by atoms with E-state index in [0.29, 0.717) is 22.7 Å². The average Bonchev–Trinajstić information content (AvgIpc) is 3.28. The molecule has 0 unspecified atom stereocenters. The molecule has 2 aromatic carbocycles. The van der Waals surface area contributed by atoms with E-state index in [1.807, 2.05) is 36.4 Å². The van der Waals surface area contributed by atoms with E-state index in [2.05, 4.69) is 31.2 Å². The Morgan fingerprint density at radius 2 is 1.97 bits per heavy atom. The normalized spacial score (nSPS) is 14.2. The van der Waals surface area contributed by atoms with Crippen molar-refractivity contribution >= 4 is 40.6 Å². The number of terminal acetylenes is 1. The van der Waals surface area contributed by atoms with E-state index in [1.165, 1.54) is 11.8 Å². The van der Waals surface area contributed by atoms with Gasteiger partial charge in [0, 0.05) is 36.8 Å². The molecule has 0 atom stereocenters. The Bertz CT molecular complexity index is 1120. The van der Waals surface area contributed by atoms with Crippen molar-refractivity contribution in [2.45, 2.75) is 5.22 Å². The second kappa shape index (κ2) is 10.6. The summed E-state index contributed by atoms with van der Waals surface area (Å²) in [7, 11) is 0. The summed E-state index contributed by atoms with van der Waals surface area (Å²) in [6.07, 6.45) is 5.42. The zero-order valence-electron chi connectivity index (χ0n) is 17.3. The fourth-order valence-electron chi connectivity index (χ4n) is 3.45. The molecule has 2 heterocycles. The molecule has 7 nitrogen and oxygen atoms in total. The van der Waals surface area contributed by atoms with Crippen molar-refractivity contribution in [3.63, 3.8) is 0 Å². The molecule has 0 aliphatic carbocycles. The lowest BCUT2D eigenvalue weighted by atomic mass is 10.2. The molecule has 0 bridgehead atoms. The van der Waals surface area contributed by atoms with Gasteiger partial charge in [-0.3, -0.25) is 9.69 Å². The summed E-state index contributed by atoms with van der Waals surface area (Å²) in [5.41, 5.74) is 2.53. The van der Waals surface area contributed by atoms with Crippen molar-refractivity contribution in [2.75, 3.05) is 48.7 Å². The molecule has 164 valence electrons. The Hall–Kier alpha value is -2.99. The van der Waals surface area contributed by atoms with Crippen LogP contribution in [-0.4, -0.2) is 59.5 Å². The summed E-state index contributed by atoms with van der Waals surface area (Å²) >= 11 is 7.20. The quantitative estimate of drug-likeness (QED) is 0.417. The smallest absolute Gasteiger partial charge is 0.277 e. The fraction of sp³-hybridized carbons (Fsp3) is 0.261. The number of hydrogen-bond acceptors (Lipinski definition) is 7. The zero-order valence-corrected chi connectivity index (χ0v) is 18.9. The van der Waals surface area contributed by atoms with Crippen LogP contribution in [0.15, 0.2) is 58.2 Å². The number of nitrogens with one attached hydrogen (secondary N) is 1. The number of benzene rings is 2. The third-order valence-electron chi connectivity index (χ3n) is 5.01. The number of nitrogens with zero attached hydrogens (tertiary/aromatic N) is 4. The number of carbonyl (C=O) groups is 1. The summed E-state index contributed by atoms with van der Waals surface area (Å²) in [6, 6.07) is 15.0. The molecular formula is C23H22ClN5O2S. The van der Waals surface area contributed by atoms with Crippen LogP contribution < -0.4 is 10.2 Å². The van der Waals surface area contributed by atoms with Crippen LogP contribution in [0, 0.1) is 12.3 Å². The number of thioether (sulfide) groups is 1. The number of rotatable bonds is 7. The molecule has 1 saturated heterocycles. The van der Waals surface area contributed by atoms with E-state index in [0.717, 1.165) is 43.1 Å². The number of halogens is 1. The highest BCUT2D eigenvalue weighted by atomic mass is 35.5. The highest BCUT2D eigenvalue weighted by molar-refractivity contribution is 7.99. The molecule has 1 aliphatic heterocycles. The fourth-order valence-corrected chi connectivity index (χ4v) is 4.20. The lowest BCUT2D eigenvalue weighted by molar-refractivity contribution is -0.113. The Morgan fingerprint density at radius 3 is 2.75 bits per heavy atom. The summed E-state index contributed by atoms with van der Waals surface area (Å²) in [6.45, 7) is 4.18. The highest BCUT2D eigenvalue weighted by Crippen LogP contribution is 2.28. The van der Waals surface area contributed by atoms with E-state index < -0.39 is 0 Å². The molecule has 0 saturated carbocycles. The first-order chi connectivity index (χ1) is 15.6. The maximum atomic E-state index is 12.6. The monoisotopic (exact) mass is 467 g/mol. The maximum Gasteiger partial charge on any atom is 0.277 e. The van der Waals surface area contributed by atoms with Gasteiger partial charge in [0.15, 0.2) is 0 Å². The molecular weight excluding hydrogens is 446 g/mol. The van der Waals surface area contributed by atoms with Gasteiger partial charge in [0.05, 0.1) is 23.7 Å². The number of carbonyl (C=O) groups excluding carboxylic acids is 1. The van der Waals surface area contributed by atoms with Crippen molar-refractivity contribution in [3.8, 4) is 23.8 Å². The molecule has 3 aromatic rings. The van der Waals surface area contributed by atoms with E-state index in [4.69, 9.17) is 22.4 Å². The lowest BCUT2D eigenvalue weighted by Crippen LogP contribution is -2.46. The Balaban J connectivity index is 1.34. The molecule has 1 fully saturated rings. The SMILES string of the molecule is C#CCN1CCN(c2ccccc2NC(=O)CSc2nnc(-c3cccc(Cl)c3)o2)CC1. The third kappa shape index (κ3) is 5.62. The Kier molecular flexibility index (Phi) is 7.32. The molecule has 4 rings (SSSR count). The van der Waals surface area contributed by atoms with Gasteiger partial charge in [-0.05, 0) is 30.3 Å². The van der Waals surface area contributed by atoms with Crippen molar-refractivity contribution in [1.82, 2.24) is 15.1 Å². The van der Waals surface area contributed by atoms with Gasteiger partial charge in [0.25, 0.3) is 5.22 Å². The molecule has 1 N–H and O–H groups in total. The van der Waals surface area contributed by atoms with Gasteiger partial charge in [-0.2, -0.15) is 0 Å². The van der Waals surface area contributed by atoms with Gasteiger partial charge in [0.1, 0.15) is 0 Å². The van der Waals surface area contributed by atoms with E-state index >= 15 is 0 Å². The van der Waals surface area contributed by atoms with Crippen LogP contribution >= 0.6 is 23.4 Å². The van der Waals surface area contributed by atoms with Crippen LogP contribution in [0.4, 0.5) is 11.4 Å². The van der Waals surface area contributed by atoms with Crippen LogP contribution in [0.5, 0.6) is 0 Å². The van der Waals surface area contributed by atoms with E-state index in [-0.39, 0.29) is 11.7 Å². The van der Waals surface area contributed by atoms with Crippen molar-refractivity contribution < 1.29 is 9.21 Å². The summed E-state index contributed by atoms with van der Waals surface area (Å²) in [5, 5.41) is 12.0. The number of amides is 1. The topological polar surface area (TPSA) is 74.5 Å². The zero-order chi connectivity index (χ0) is 22.3. The van der Waals surface area contributed by atoms with Gasteiger partial charge < -0.3 is 14.6 Å². The second-order valence-electron chi connectivity index (χ2n) is 7.20. The van der Waals surface area contributed by atoms with Gasteiger partial charge in [-0.25, -0.2) is 0 Å². The summed E-state index contributed by atoms with van der Waals surface area (Å²) in [4.78, 5) is 17.1.